The van der Waals surface area contributed by atoms with Crippen LogP contribution in [0, 0.1) is 0 Å². The third kappa shape index (κ3) is 4.05. The van der Waals surface area contributed by atoms with Crippen molar-refractivity contribution in [3.8, 4) is 5.75 Å². The fourth-order valence-corrected chi connectivity index (χ4v) is 8.02. The molecule has 1 unspecified atom stereocenters. The van der Waals surface area contributed by atoms with Gasteiger partial charge >= 0.3 is 0 Å². The first-order valence-electron chi connectivity index (χ1n) is 13.0. The van der Waals surface area contributed by atoms with Crippen molar-refractivity contribution in [2.24, 2.45) is 5.16 Å². The highest BCUT2D eigenvalue weighted by molar-refractivity contribution is 7.92. The van der Waals surface area contributed by atoms with Gasteiger partial charge in [-0.2, -0.15) is 0 Å². The number of methoxy groups -OCH3 is 1. The fraction of sp³-hybridized carbons (Fsp3) is 0.0882. The zero-order chi connectivity index (χ0) is 28.5. The Balaban J connectivity index is 1.81. The lowest BCUT2D eigenvalue weighted by Crippen LogP contribution is -2.57. The molecule has 1 aliphatic rings. The minimum atomic E-state index is -4.33. The maximum absolute atomic E-state index is 15.3. The Bertz CT molecular complexity index is 1750. The van der Waals surface area contributed by atoms with Crippen LogP contribution in [-0.2, 0) is 25.0 Å². The largest absolute Gasteiger partial charge is 0.497 e. The fourth-order valence-electron chi connectivity index (χ4n) is 5.73. The number of rotatable bonds is 7. The van der Waals surface area contributed by atoms with Crippen LogP contribution in [0.2, 0.25) is 5.02 Å². The molecule has 5 aromatic rings. The van der Waals surface area contributed by atoms with E-state index in [1.54, 1.807) is 73.8 Å². The van der Waals surface area contributed by atoms with E-state index in [1.165, 1.54) is 0 Å². The normalized spacial score (nSPS) is 17.9. The summed E-state index contributed by atoms with van der Waals surface area (Å²) in [4.78, 5) is 4.53. The molecule has 0 amide bonds. The first-order valence-corrected chi connectivity index (χ1v) is 14.9. The van der Waals surface area contributed by atoms with Crippen molar-refractivity contribution in [1.29, 1.82) is 0 Å². The van der Waals surface area contributed by atoms with Gasteiger partial charge in [0.15, 0.2) is 0 Å². The summed E-state index contributed by atoms with van der Waals surface area (Å²) in [5.74, 6) is 0.586. The quantitative estimate of drug-likeness (QED) is 0.201. The number of halogens is 1. The smallest absolute Gasteiger partial charge is 0.285 e. The molecule has 1 aliphatic heterocycles. The van der Waals surface area contributed by atoms with E-state index in [0.717, 1.165) is 0 Å². The molecular weight excluding hydrogens is 554 g/mol. The van der Waals surface area contributed by atoms with Crippen LogP contribution in [0.5, 0.6) is 5.75 Å². The van der Waals surface area contributed by atoms with Gasteiger partial charge in [-0.15, -0.1) is 0 Å². The highest BCUT2D eigenvalue weighted by Crippen LogP contribution is 2.60. The predicted octanol–water partition coefficient (Wildman–Crippen LogP) is 7.40. The maximum atomic E-state index is 15.3. The SMILES string of the molecule is COc1ccc(C2(S(=O)(=O)c3ccccc3)ON=C(c3ccc(Cl)cc3)C2(c2ccccc2)c2ccccc2)cc1. The summed E-state index contributed by atoms with van der Waals surface area (Å²) >= 11 is 6.28. The third-order valence-corrected chi connectivity index (χ3v) is 10.1. The molecule has 0 aromatic heterocycles. The van der Waals surface area contributed by atoms with E-state index in [1.807, 2.05) is 72.8 Å². The molecule has 1 atom stereocenters. The summed E-state index contributed by atoms with van der Waals surface area (Å²) in [5.41, 5.74) is 1.48. The van der Waals surface area contributed by atoms with Crippen molar-refractivity contribution in [2.75, 3.05) is 7.11 Å². The molecule has 7 heteroatoms. The van der Waals surface area contributed by atoms with Gasteiger partial charge in [0, 0.05) is 16.1 Å². The van der Waals surface area contributed by atoms with Gasteiger partial charge in [0.25, 0.3) is 4.93 Å². The van der Waals surface area contributed by atoms with E-state index < -0.39 is 20.2 Å². The zero-order valence-corrected chi connectivity index (χ0v) is 23.7. The van der Waals surface area contributed by atoms with E-state index in [2.05, 4.69) is 5.16 Å². The number of hydrogen-bond acceptors (Lipinski definition) is 5. The molecule has 41 heavy (non-hydrogen) atoms. The Morgan fingerprint density at radius 2 is 1.17 bits per heavy atom. The molecule has 5 nitrogen and oxygen atoms in total. The number of benzene rings is 5. The van der Waals surface area contributed by atoms with Gasteiger partial charge in [-0.25, -0.2) is 8.42 Å². The molecule has 0 radical (unpaired) electrons. The lowest BCUT2D eigenvalue weighted by Gasteiger charge is -2.44. The topological polar surface area (TPSA) is 65.0 Å². The Morgan fingerprint density at radius 1 is 0.659 bits per heavy atom. The Hall–Kier alpha value is -4.39. The first-order chi connectivity index (χ1) is 19.9. The average molecular weight is 580 g/mol. The van der Waals surface area contributed by atoms with Crippen molar-refractivity contribution >= 4 is 27.1 Å². The number of oxime groups is 1. The zero-order valence-electron chi connectivity index (χ0n) is 22.1. The molecule has 0 saturated carbocycles. The second-order valence-electron chi connectivity index (χ2n) is 9.68. The van der Waals surface area contributed by atoms with Gasteiger partial charge in [-0.05, 0) is 47.5 Å². The molecule has 1 heterocycles. The minimum Gasteiger partial charge on any atom is -0.497 e. The van der Waals surface area contributed by atoms with E-state index in [0.29, 0.717) is 38.7 Å². The van der Waals surface area contributed by atoms with E-state index >= 15 is 8.42 Å². The van der Waals surface area contributed by atoms with Gasteiger partial charge in [0.1, 0.15) is 16.9 Å². The molecule has 0 fully saturated rings. The predicted molar refractivity (Wildman–Crippen MR) is 161 cm³/mol. The van der Waals surface area contributed by atoms with Crippen molar-refractivity contribution < 1.29 is 18.0 Å². The number of ether oxygens (including phenoxy) is 1. The number of hydrogen-bond donors (Lipinski definition) is 0. The van der Waals surface area contributed by atoms with E-state index in [9.17, 15) is 0 Å². The summed E-state index contributed by atoms with van der Waals surface area (Å²) in [5, 5.41) is 5.22. The summed E-state index contributed by atoms with van der Waals surface area (Å²) in [7, 11) is -2.76. The molecule has 6 rings (SSSR count). The standard InChI is InChI=1S/C34H26ClNO4S/c1-39-30-23-19-28(20-24-30)34(41(37,38)31-15-9-4-10-16-31)33(26-11-5-2-6-12-26,27-13-7-3-8-14-27)32(36-40-34)25-17-21-29(35)22-18-25/h2-24H,1H3. The third-order valence-electron chi connectivity index (χ3n) is 7.55. The molecule has 204 valence electrons. The van der Waals surface area contributed by atoms with Crippen molar-refractivity contribution in [2.45, 2.75) is 15.2 Å². The Morgan fingerprint density at radius 3 is 1.68 bits per heavy atom. The van der Waals surface area contributed by atoms with Crippen LogP contribution in [0.4, 0.5) is 0 Å². The van der Waals surface area contributed by atoms with Crippen molar-refractivity contribution in [3.63, 3.8) is 0 Å². The van der Waals surface area contributed by atoms with Crippen LogP contribution in [0.3, 0.4) is 0 Å². The van der Waals surface area contributed by atoms with Crippen LogP contribution in [0.1, 0.15) is 22.3 Å². The second-order valence-corrected chi connectivity index (χ2v) is 12.2. The summed E-state index contributed by atoms with van der Waals surface area (Å²) in [6.45, 7) is 0. The Labute approximate surface area is 244 Å². The molecule has 5 aromatic carbocycles. The molecule has 0 bridgehead atoms. The molecule has 0 N–H and O–H groups in total. The molecule has 0 spiro atoms. The highest BCUT2D eigenvalue weighted by Gasteiger charge is 2.71. The van der Waals surface area contributed by atoms with E-state index in [4.69, 9.17) is 21.2 Å². The highest BCUT2D eigenvalue weighted by atomic mass is 35.5. The maximum Gasteiger partial charge on any atom is 0.285 e. The van der Waals surface area contributed by atoms with Crippen LogP contribution in [0.25, 0.3) is 0 Å². The van der Waals surface area contributed by atoms with Gasteiger partial charge in [0.2, 0.25) is 9.84 Å². The first kappa shape index (κ1) is 26.8. The summed E-state index contributed by atoms with van der Waals surface area (Å²) in [6.07, 6.45) is 0. The molecule has 0 saturated heterocycles. The monoisotopic (exact) mass is 579 g/mol. The summed E-state index contributed by atoms with van der Waals surface area (Å²) in [6, 6.07) is 41.6. The van der Waals surface area contributed by atoms with Gasteiger partial charge in [-0.1, -0.05) is 120 Å². The minimum absolute atomic E-state index is 0.111. The van der Waals surface area contributed by atoms with Crippen LogP contribution >= 0.6 is 11.6 Å². The average Bonchev–Trinajstić information content (AvgIpc) is 3.41. The van der Waals surface area contributed by atoms with Gasteiger partial charge in [-0.3, -0.25) is 0 Å². The Kier molecular flexibility index (Phi) is 6.89. The molecular formula is C34H26ClNO4S. The van der Waals surface area contributed by atoms with Crippen LogP contribution < -0.4 is 4.74 Å². The number of nitrogens with zero attached hydrogens (tertiary/aromatic N) is 1. The number of sulfone groups is 1. The summed E-state index contributed by atoms with van der Waals surface area (Å²) < 4.78 is 35.9. The van der Waals surface area contributed by atoms with Gasteiger partial charge in [0.05, 0.1) is 12.0 Å². The van der Waals surface area contributed by atoms with Gasteiger partial charge < -0.3 is 9.57 Å². The second kappa shape index (κ2) is 10.5. The van der Waals surface area contributed by atoms with E-state index in [-0.39, 0.29) is 4.90 Å². The molecule has 0 aliphatic carbocycles. The van der Waals surface area contributed by atoms with Crippen molar-refractivity contribution in [1.82, 2.24) is 0 Å². The lowest BCUT2D eigenvalue weighted by molar-refractivity contribution is 0.0169. The lowest BCUT2D eigenvalue weighted by atomic mass is 9.64. The van der Waals surface area contributed by atoms with Crippen LogP contribution in [-0.4, -0.2) is 21.2 Å². The van der Waals surface area contributed by atoms with Crippen LogP contribution in [0.15, 0.2) is 150 Å². The van der Waals surface area contributed by atoms with Crippen molar-refractivity contribution in [3.05, 3.63) is 167 Å².